The molecular weight excluding hydrogens is 357 g/mol. The molecule has 0 saturated carbocycles. The zero-order chi connectivity index (χ0) is 17.8. The summed E-state index contributed by atoms with van der Waals surface area (Å²) in [5.74, 6) is 0.447. The summed E-state index contributed by atoms with van der Waals surface area (Å²) in [4.78, 5) is 14.7. The molecule has 0 aliphatic heterocycles. The zero-order valence-corrected chi connectivity index (χ0v) is 15.0. The number of anilines is 2. The number of benzene rings is 3. The van der Waals surface area contributed by atoms with Crippen LogP contribution >= 0.6 is 23.2 Å². The van der Waals surface area contributed by atoms with Gasteiger partial charge in [-0.05, 0) is 48.5 Å². The molecule has 0 saturated heterocycles. The van der Waals surface area contributed by atoms with Crippen molar-refractivity contribution >= 4 is 40.5 Å². The molecule has 0 aromatic heterocycles. The minimum Gasteiger partial charge on any atom is -0.497 e. The largest absolute Gasteiger partial charge is 0.497 e. The highest BCUT2D eigenvalue weighted by Crippen LogP contribution is 2.38. The number of carbonyl (C=O) groups is 1. The zero-order valence-electron chi connectivity index (χ0n) is 13.4. The third-order valence-corrected chi connectivity index (χ3v) is 4.33. The first-order chi connectivity index (χ1) is 12.1. The van der Waals surface area contributed by atoms with E-state index in [-0.39, 0.29) is 5.91 Å². The Morgan fingerprint density at radius 1 is 0.840 bits per heavy atom. The second kappa shape index (κ2) is 7.60. The lowest BCUT2D eigenvalue weighted by molar-refractivity contribution is 0.0999. The summed E-state index contributed by atoms with van der Waals surface area (Å²) in [6, 6.07) is 21.3. The lowest BCUT2D eigenvalue weighted by Crippen LogP contribution is -2.26. The lowest BCUT2D eigenvalue weighted by atomic mass is 10.1. The van der Waals surface area contributed by atoms with Crippen molar-refractivity contribution in [1.82, 2.24) is 0 Å². The maximum Gasteiger partial charge on any atom is 0.262 e. The van der Waals surface area contributed by atoms with Gasteiger partial charge in [0.2, 0.25) is 0 Å². The average molecular weight is 372 g/mol. The highest BCUT2D eigenvalue weighted by atomic mass is 35.5. The Labute approximate surface area is 156 Å². The number of hydrogen-bond acceptors (Lipinski definition) is 2. The number of ether oxygens (including phenoxy) is 1. The predicted molar refractivity (Wildman–Crippen MR) is 102 cm³/mol. The van der Waals surface area contributed by atoms with Crippen LogP contribution in [0, 0.1) is 0 Å². The molecule has 3 aromatic carbocycles. The molecule has 25 heavy (non-hydrogen) atoms. The highest BCUT2D eigenvalue weighted by molar-refractivity contribution is 6.40. The van der Waals surface area contributed by atoms with E-state index in [4.69, 9.17) is 27.9 Å². The van der Waals surface area contributed by atoms with Crippen molar-refractivity contribution in [3.05, 3.63) is 88.4 Å². The molecule has 0 aliphatic rings. The number of carbonyl (C=O) groups excluding carboxylic acids is 1. The van der Waals surface area contributed by atoms with Crippen LogP contribution in [-0.2, 0) is 0 Å². The summed E-state index contributed by atoms with van der Waals surface area (Å²) < 4.78 is 5.15. The number of halogens is 2. The molecule has 0 heterocycles. The van der Waals surface area contributed by atoms with Crippen LogP contribution in [0.3, 0.4) is 0 Å². The first kappa shape index (κ1) is 17.3. The summed E-state index contributed by atoms with van der Waals surface area (Å²) in [6.45, 7) is 0. The Morgan fingerprint density at radius 2 is 1.44 bits per heavy atom. The highest BCUT2D eigenvalue weighted by Gasteiger charge is 2.24. The van der Waals surface area contributed by atoms with Gasteiger partial charge in [0.05, 0.1) is 22.8 Å². The number of hydrogen-bond donors (Lipinski definition) is 0. The molecule has 0 spiro atoms. The Morgan fingerprint density at radius 3 is 2.00 bits per heavy atom. The van der Waals surface area contributed by atoms with E-state index in [1.165, 1.54) is 4.90 Å². The molecule has 0 fully saturated rings. The minimum atomic E-state index is -0.233. The van der Waals surface area contributed by atoms with Crippen molar-refractivity contribution < 1.29 is 9.53 Å². The van der Waals surface area contributed by atoms with E-state index in [2.05, 4.69) is 0 Å². The normalized spacial score (nSPS) is 10.4. The SMILES string of the molecule is COc1ccc(C(=O)N(c2ccccc2)c2c(Cl)cccc2Cl)cc1. The topological polar surface area (TPSA) is 29.5 Å². The van der Waals surface area contributed by atoms with Crippen LogP contribution in [0.15, 0.2) is 72.8 Å². The smallest absolute Gasteiger partial charge is 0.262 e. The molecule has 3 rings (SSSR count). The van der Waals surface area contributed by atoms with Crippen molar-refractivity contribution in [3.63, 3.8) is 0 Å². The Kier molecular flexibility index (Phi) is 5.27. The number of amides is 1. The second-order valence-corrected chi connectivity index (χ2v) is 6.09. The molecule has 1 amide bonds. The van der Waals surface area contributed by atoms with Crippen LogP contribution in [0.25, 0.3) is 0 Å². The molecule has 3 aromatic rings. The molecular formula is C20H15Cl2NO2. The number of nitrogens with zero attached hydrogens (tertiary/aromatic N) is 1. The van der Waals surface area contributed by atoms with E-state index in [1.54, 1.807) is 49.6 Å². The monoisotopic (exact) mass is 371 g/mol. The van der Waals surface area contributed by atoms with E-state index in [0.717, 1.165) is 0 Å². The molecule has 0 N–H and O–H groups in total. The molecule has 126 valence electrons. The lowest BCUT2D eigenvalue weighted by Gasteiger charge is -2.25. The fourth-order valence-corrected chi connectivity index (χ4v) is 3.06. The predicted octanol–water partition coefficient (Wildman–Crippen LogP) is 5.98. The fraction of sp³-hybridized carbons (Fsp3) is 0.0500. The maximum atomic E-state index is 13.2. The number of methoxy groups -OCH3 is 1. The van der Waals surface area contributed by atoms with E-state index >= 15 is 0 Å². The van der Waals surface area contributed by atoms with Crippen molar-refractivity contribution in [2.45, 2.75) is 0 Å². The molecule has 0 unspecified atom stereocenters. The van der Waals surface area contributed by atoms with Crippen LogP contribution in [0.1, 0.15) is 10.4 Å². The van der Waals surface area contributed by atoms with Crippen LogP contribution in [0.5, 0.6) is 5.75 Å². The van der Waals surface area contributed by atoms with Gasteiger partial charge in [0, 0.05) is 11.3 Å². The van der Waals surface area contributed by atoms with E-state index in [9.17, 15) is 4.79 Å². The third-order valence-electron chi connectivity index (χ3n) is 3.72. The van der Waals surface area contributed by atoms with Crippen molar-refractivity contribution in [3.8, 4) is 5.75 Å². The van der Waals surface area contributed by atoms with E-state index in [0.29, 0.717) is 32.7 Å². The van der Waals surface area contributed by atoms with E-state index < -0.39 is 0 Å². The van der Waals surface area contributed by atoms with Gasteiger partial charge in [0.25, 0.3) is 5.91 Å². The van der Waals surface area contributed by atoms with Gasteiger partial charge in [-0.1, -0.05) is 47.5 Å². The van der Waals surface area contributed by atoms with Gasteiger partial charge >= 0.3 is 0 Å². The molecule has 0 aliphatic carbocycles. The van der Waals surface area contributed by atoms with Gasteiger partial charge in [-0.15, -0.1) is 0 Å². The van der Waals surface area contributed by atoms with Gasteiger partial charge in [-0.25, -0.2) is 0 Å². The first-order valence-corrected chi connectivity index (χ1v) is 8.35. The van der Waals surface area contributed by atoms with Crippen molar-refractivity contribution in [2.24, 2.45) is 0 Å². The van der Waals surface area contributed by atoms with Gasteiger partial charge in [0.15, 0.2) is 0 Å². The van der Waals surface area contributed by atoms with Crippen LogP contribution in [-0.4, -0.2) is 13.0 Å². The molecule has 5 heteroatoms. The summed E-state index contributed by atoms with van der Waals surface area (Å²) in [5.41, 5.74) is 1.64. The Balaban J connectivity index is 2.12. The van der Waals surface area contributed by atoms with Gasteiger partial charge < -0.3 is 4.74 Å². The number of rotatable bonds is 4. The van der Waals surface area contributed by atoms with Crippen LogP contribution < -0.4 is 9.64 Å². The van der Waals surface area contributed by atoms with Crippen molar-refractivity contribution in [2.75, 3.05) is 12.0 Å². The van der Waals surface area contributed by atoms with E-state index in [1.807, 2.05) is 30.3 Å². The summed E-state index contributed by atoms with van der Waals surface area (Å²) in [5, 5.41) is 0.802. The van der Waals surface area contributed by atoms with Gasteiger partial charge in [0.1, 0.15) is 5.75 Å². The van der Waals surface area contributed by atoms with Crippen LogP contribution in [0.2, 0.25) is 10.0 Å². The standard InChI is InChI=1S/C20H15Cl2NO2/c1-25-16-12-10-14(11-13-16)20(24)23(15-6-3-2-4-7-15)19-17(21)8-5-9-18(19)22/h2-13H,1H3. The van der Waals surface area contributed by atoms with Crippen LogP contribution in [0.4, 0.5) is 11.4 Å². The molecule has 0 atom stereocenters. The molecule has 3 nitrogen and oxygen atoms in total. The minimum absolute atomic E-state index is 0.233. The Bertz CT molecular complexity index is 860. The fourth-order valence-electron chi connectivity index (χ4n) is 2.49. The Hall–Kier alpha value is -2.49. The molecule has 0 radical (unpaired) electrons. The quantitative estimate of drug-likeness (QED) is 0.564. The number of para-hydroxylation sites is 2. The first-order valence-electron chi connectivity index (χ1n) is 7.59. The van der Waals surface area contributed by atoms with Crippen molar-refractivity contribution in [1.29, 1.82) is 0 Å². The second-order valence-electron chi connectivity index (χ2n) is 5.27. The van der Waals surface area contributed by atoms with Gasteiger partial charge in [-0.3, -0.25) is 9.69 Å². The molecule has 0 bridgehead atoms. The summed E-state index contributed by atoms with van der Waals surface area (Å²) in [7, 11) is 1.58. The summed E-state index contributed by atoms with van der Waals surface area (Å²) >= 11 is 12.7. The third kappa shape index (κ3) is 3.63. The maximum absolute atomic E-state index is 13.2. The summed E-state index contributed by atoms with van der Waals surface area (Å²) in [6.07, 6.45) is 0. The van der Waals surface area contributed by atoms with Gasteiger partial charge in [-0.2, -0.15) is 0 Å². The average Bonchev–Trinajstić information content (AvgIpc) is 2.65.